The standard InChI is InChI=1S/C14H17N5O3/c1-21-12-6-8(18-14(17)19-13(15)16)2-4-10(12)11-5-3-9(7-20)22-11/h2-6,20H,7H2,1H3,(H6,15,16,17,18,19). The third kappa shape index (κ3) is 3.55. The van der Waals surface area contributed by atoms with Crippen molar-refractivity contribution >= 4 is 17.6 Å². The average molecular weight is 303 g/mol. The maximum atomic E-state index is 9.05. The van der Waals surface area contributed by atoms with Gasteiger partial charge in [0.05, 0.1) is 18.4 Å². The van der Waals surface area contributed by atoms with Crippen LogP contribution in [0.2, 0.25) is 0 Å². The number of nitrogens with zero attached hydrogens (tertiary/aromatic N) is 2. The predicted octanol–water partition coefficient (Wildman–Crippen LogP) is 0.667. The Kier molecular flexibility index (Phi) is 4.64. The topological polar surface area (TPSA) is 145 Å². The molecule has 0 saturated carbocycles. The molecule has 0 amide bonds. The van der Waals surface area contributed by atoms with Crippen molar-refractivity contribution in [1.29, 1.82) is 0 Å². The number of aliphatic hydroxyl groups excluding tert-OH is 1. The number of aliphatic imine (C=N–C) groups is 2. The van der Waals surface area contributed by atoms with E-state index in [1.54, 1.807) is 30.3 Å². The summed E-state index contributed by atoms with van der Waals surface area (Å²) in [5.74, 6) is 1.36. The number of hydrogen-bond acceptors (Lipinski definition) is 4. The maximum Gasteiger partial charge on any atom is 0.223 e. The first-order valence-electron chi connectivity index (χ1n) is 6.35. The summed E-state index contributed by atoms with van der Waals surface area (Å²) in [6.07, 6.45) is 0. The Hall–Kier alpha value is -3.00. The first kappa shape index (κ1) is 15.4. The Bertz CT molecular complexity index is 717. The molecule has 2 aromatic rings. The van der Waals surface area contributed by atoms with Crippen LogP contribution in [0.3, 0.4) is 0 Å². The highest BCUT2D eigenvalue weighted by atomic mass is 16.5. The first-order valence-corrected chi connectivity index (χ1v) is 6.35. The van der Waals surface area contributed by atoms with Gasteiger partial charge in [0.1, 0.15) is 23.9 Å². The molecule has 22 heavy (non-hydrogen) atoms. The van der Waals surface area contributed by atoms with Crippen LogP contribution in [0, 0.1) is 0 Å². The lowest BCUT2D eigenvalue weighted by Crippen LogP contribution is -2.26. The van der Waals surface area contributed by atoms with E-state index < -0.39 is 0 Å². The van der Waals surface area contributed by atoms with Crippen molar-refractivity contribution in [1.82, 2.24) is 0 Å². The Morgan fingerprint density at radius 1 is 1.23 bits per heavy atom. The molecule has 0 unspecified atom stereocenters. The van der Waals surface area contributed by atoms with E-state index in [2.05, 4.69) is 9.98 Å². The second kappa shape index (κ2) is 6.64. The van der Waals surface area contributed by atoms with Gasteiger partial charge >= 0.3 is 0 Å². The lowest BCUT2D eigenvalue weighted by molar-refractivity contribution is 0.248. The lowest BCUT2D eigenvalue weighted by Gasteiger charge is -2.07. The molecule has 0 fully saturated rings. The van der Waals surface area contributed by atoms with E-state index >= 15 is 0 Å². The van der Waals surface area contributed by atoms with Crippen LogP contribution in [0.25, 0.3) is 11.3 Å². The molecule has 0 bridgehead atoms. The zero-order valence-electron chi connectivity index (χ0n) is 12.0. The van der Waals surface area contributed by atoms with Crippen molar-refractivity contribution in [3.8, 4) is 17.1 Å². The number of rotatable bonds is 4. The molecule has 7 N–H and O–H groups in total. The molecule has 0 aliphatic rings. The van der Waals surface area contributed by atoms with E-state index in [-0.39, 0.29) is 18.5 Å². The molecular weight excluding hydrogens is 286 g/mol. The second-order valence-corrected chi connectivity index (χ2v) is 4.32. The van der Waals surface area contributed by atoms with E-state index in [9.17, 15) is 0 Å². The number of hydrogen-bond donors (Lipinski definition) is 4. The molecule has 0 radical (unpaired) electrons. The molecule has 0 aliphatic heterocycles. The number of nitrogens with two attached hydrogens (primary N) is 3. The van der Waals surface area contributed by atoms with E-state index in [0.29, 0.717) is 23.0 Å². The van der Waals surface area contributed by atoms with Crippen molar-refractivity contribution in [2.45, 2.75) is 6.61 Å². The van der Waals surface area contributed by atoms with E-state index in [1.165, 1.54) is 7.11 Å². The Morgan fingerprint density at radius 3 is 2.59 bits per heavy atom. The van der Waals surface area contributed by atoms with Gasteiger partial charge in [-0.1, -0.05) is 0 Å². The minimum atomic E-state index is -0.169. The second-order valence-electron chi connectivity index (χ2n) is 4.32. The summed E-state index contributed by atoms with van der Waals surface area (Å²) >= 11 is 0. The van der Waals surface area contributed by atoms with Crippen LogP contribution in [0.1, 0.15) is 5.76 Å². The zero-order valence-corrected chi connectivity index (χ0v) is 12.0. The monoisotopic (exact) mass is 303 g/mol. The molecule has 8 heteroatoms. The normalized spacial score (nSPS) is 11.3. The van der Waals surface area contributed by atoms with Gasteiger partial charge in [0.15, 0.2) is 5.96 Å². The van der Waals surface area contributed by atoms with E-state index in [0.717, 1.165) is 5.56 Å². The summed E-state index contributed by atoms with van der Waals surface area (Å²) in [6, 6.07) is 8.60. The quantitative estimate of drug-likeness (QED) is 0.482. The van der Waals surface area contributed by atoms with Crippen molar-refractivity contribution < 1.29 is 14.3 Å². The van der Waals surface area contributed by atoms with Crippen LogP contribution in [-0.4, -0.2) is 24.1 Å². The van der Waals surface area contributed by atoms with Crippen LogP contribution in [0.15, 0.2) is 44.7 Å². The van der Waals surface area contributed by atoms with Gasteiger partial charge in [-0.3, -0.25) is 0 Å². The van der Waals surface area contributed by atoms with E-state index in [1.807, 2.05) is 0 Å². The number of ether oxygens (including phenoxy) is 1. The van der Waals surface area contributed by atoms with Crippen molar-refractivity contribution in [2.24, 2.45) is 27.2 Å². The van der Waals surface area contributed by atoms with E-state index in [4.69, 9.17) is 31.5 Å². The minimum absolute atomic E-state index is 0.0598. The van der Waals surface area contributed by atoms with Gasteiger partial charge in [-0.2, -0.15) is 4.99 Å². The smallest absolute Gasteiger partial charge is 0.223 e. The third-order valence-corrected chi connectivity index (χ3v) is 2.76. The fourth-order valence-electron chi connectivity index (χ4n) is 1.85. The van der Waals surface area contributed by atoms with Crippen LogP contribution >= 0.6 is 0 Å². The summed E-state index contributed by atoms with van der Waals surface area (Å²) < 4.78 is 10.8. The molecule has 0 spiro atoms. The Balaban J connectivity index is 2.38. The first-order chi connectivity index (χ1) is 10.5. The number of methoxy groups -OCH3 is 1. The van der Waals surface area contributed by atoms with Crippen molar-refractivity contribution in [2.75, 3.05) is 7.11 Å². The lowest BCUT2D eigenvalue weighted by atomic mass is 10.1. The summed E-state index contributed by atoms with van der Waals surface area (Å²) in [6.45, 7) is -0.167. The molecule has 8 nitrogen and oxygen atoms in total. The van der Waals surface area contributed by atoms with Crippen LogP contribution in [-0.2, 0) is 6.61 Å². The summed E-state index contributed by atoms with van der Waals surface area (Å²) in [7, 11) is 1.53. The Labute approximate surface area is 126 Å². The molecule has 2 rings (SSSR count). The van der Waals surface area contributed by atoms with Gasteiger partial charge in [0.25, 0.3) is 0 Å². The van der Waals surface area contributed by atoms with Gasteiger partial charge in [0, 0.05) is 6.07 Å². The Morgan fingerprint density at radius 2 is 2.00 bits per heavy atom. The average Bonchev–Trinajstić information content (AvgIpc) is 2.94. The van der Waals surface area contributed by atoms with Gasteiger partial charge in [-0.15, -0.1) is 0 Å². The van der Waals surface area contributed by atoms with Crippen LogP contribution in [0.5, 0.6) is 5.75 Å². The van der Waals surface area contributed by atoms with Crippen LogP contribution < -0.4 is 21.9 Å². The third-order valence-electron chi connectivity index (χ3n) is 2.76. The molecule has 116 valence electrons. The molecular formula is C14H17N5O3. The largest absolute Gasteiger partial charge is 0.496 e. The number of aliphatic hydroxyl groups is 1. The SMILES string of the molecule is COc1cc(N=C(N)N=C(N)N)ccc1-c1ccc(CO)o1. The van der Waals surface area contributed by atoms with Gasteiger partial charge in [0.2, 0.25) is 5.96 Å². The number of furan rings is 1. The minimum Gasteiger partial charge on any atom is -0.496 e. The highest BCUT2D eigenvalue weighted by molar-refractivity contribution is 5.93. The predicted molar refractivity (Wildman–Crippen MR) is 83.7 cm³/mol. The van der Waals surface area contributed by atoms with Crippen LogP contribution in [0.4, 0.5) is 5.69 Å². The maximum absolute atomic E-state index is 9.05. The molecule has 1 aromatic carbocycles. The fourth-order valence-corrected chi connectivity index (χ4v) is 1.85. The molecule has 0 atom stereocenters. The highest BCUT2D eigenvalue weighted by Gasteiger charge is 2.11. The summed E-state index contributed by atoms with van der Waals surface area (Å²) in [5.41, 5.74) is 17.3. The molecule has 0 aliphatic carbocycles. The van der Waals surface area contributed by atoms with Gasteiger partial charge in [-0.05, 0) is 24.3 Å². The summed E-state index contributed by atoms with van der Waals surface area (Å²) in [5, 5.41) is 9.05. The highest BCUT2D eigenvalue weighted by Crippen LogP contribution is 2.34. The fraction of sp³-hybridized carbons (Fsp3) is 0.143. The molecule has 1 aromatic heterocycles. The zero-order chi connectivity index (χ0) is 16.1. The molecule has 0 saturated heterocycles. The van der Waals surface area contributed by atoms with Gasteiger partial charge in [-0.25, -0.2) is 4.99 Å². The summed E-state index contributed by atoms with van der Waals surface area (Å²) in [4.78, 5) is 7.70. The molecule has 1 heterocycles. The van der Waals surface area contributed by atoms with Gasteiger partial charge < -0.3 is 31.5 Å². The van der Waals surface area contributed by atoms with Crippen molar-refractivity contribution in [3.05, 3.63) is 36.1 Å². The van der Waals surface area contributed by atoms with Crippen molar-refractivity contribution in [3.63, 3.8) is 0 Å². The number of benzene rings is 1. The number of guanidine groups is 2.